The molecule has 0 aliphatic heterocycles. The van der Waals surface area contributed by atoms with Crippen molar-refractivity contribution in [3.05, 3.63) is 40.1 Å². The van der Waals surface area contributed by atoms with E-state index in [1.165, 1.54) is 0 Å². The molecule has 20 heavy (non-hydrogen) atoms. The highest BCUT2D eigenvalue weighted by molar-refractivity contribution is 6.34. The molecular formula is C15H16Cl2N2O. The topological polar surface area (TPSA) is 35.0 Å². The summed E-state index contributed by atoms with van der Waals surface area (Å²) in [6.45, 7) is 5.94. The fraction of sp³-hybridized carbons (Fsp3) is 0.333. The summed E-state index contributed by atoms with van der Waals surface area (Å²) in [4.78, 5) is 8.59. The molecule has 0 aliphatic rings. The van der Waals surface area contributed by atoms with E-state index in [0.29, 0.717) is 22.6 Å². The summed E-state index contributed by atoms with van der Waals surface area (Å²) in [6.07, 6.45) is 0.851. The Hall–Kier alpha value is -1.32. The van der Waals surface area contributed by atoms with Crippen molar-refractivity contribution >= 4 is 23.2 Å². The number of rotatable bonds is 4. The maximum Gasteiger partial charge on any atom is 0.162 e. The third-order valence-corrected chi connectivity index (χ3v) is 3.37. The van der Waals surface area contributed by atoms with Crippen LogP contribution in [0.15, 0.2) is 24.3 Å². The van der Waals surface area contributed by atoms with Crippen molar-refractivity contribution in [1.29, 1.82) is 0 Å². The zero-order valence-electron chi connectivity index (χ0n) is 11.7. The lowest BCUT2D eigenvalue weighted by molar-refractivity contribution is 0.242. The maximum absolute atomic E-state index is 6.12. The number of hydrogen-bond donors (Lipinski definition) is 0. The lowest BCUT2D eigenvalue weighted by atomic mass is 10.2. The minimum absolute atomic E-state index is 0.143. The fourth-order valence-electron chi connectivity index (χ4n) is 1.81. The van der Waals surface area contributed by atoms with Crippen LogP contribution in [0, 0.1) is 0 Å². The monoisotopic (exact) mass is 310 g/mol. The first-order chi connectivity index (χ1) is 9.51. The average molecular weight is 311 g/mol. The van der Waals surface area contributed by atoms with Crippen molar-refractivity contribution < 1.29 is 4.74 Å². The van der Waals surface area contributed by atoms with Gasteiger partial charge >= 0.3 is 0 Å². The van der Waals surface area contributed by atoms with Gasteiger partial charge in [0.05, 0.1) is 6.10 Å². The van der Waals surface area contributed by atoms with Gasteiger partial charge in [0.2, 0.25) is 0 Å². The third-order valence-electron chi connectivity index (χ3n) is 2.74. The smallest absolute Gasteiger partial charge is 0.162 e. The molecule has 1 aromatic carbocycles. The van der Waals surface area contributed by atoms with Gasteiger partial charge in [-0.05, 0) is 44.5 Å². The number of benzene rings is 1. The quantitative estimate of drug-likeness (QED) is 0.761. The van der Waals surface area contributed by atoms with Gasteiger partial charge in [-0.15, -0.1) is 0 Å². The molecule has 0 radical (unpaired) electrons. The first-order valence-corrected chi connectivity index (χ1v) is 7.25. The van der Waals surface area contributed by atoms with Crippen LogP contribution in [0.2, 0.25) is 10.3 Å². The first-order valence-electron chi connectivity index (χ1n) is 6.50. The lowest BCUT2D eigenvalue weighted by Gasteiger charge is -2.10. The van der Waals surface area contributed by atoms with Crippen molar-refractivity contribution in [3.8, 4) is 17.1 Å². The van der Waals surface area contributed by atoms with E-state index >= 15 is 0 Å². The van der Waals surface area contributed by atoms with Crippen LogP contribution in [-0.4, -0.2) is 16.1 Å². The van der Waals surface area contributed by atoms with Gasteiger partial charge in [0.1, 0.15) is 16.1 Å². The van der Waals surface area contributed by atoms with Gasteiger partial charge in [-0.3, -0.25) is 0 Å². The van der Waals surface area contributed by atoms with E-state index in [1.54, 1.807) is 0 Å². The molecule has 3 nitrogen and oxygen atoms in total. The van der Waals surface area contributed by atoms with E-state index in [4.69, 9.17) is 27.9 Å². The summed E-state index contributed by atoms with van der Waals surface area (Å²) >= 11 is 12.2. The van der Waals surface area contributed by atoms with E-state index in [-0.39, 0.29) is 6.10 Å². The molecule has 0 amide bonds. The summed E-state index contributed by atoms with van der Waals surface area (Å²) < 4.78 is 5.60. The molecule has 0 aliphatic carbocycles. The number of aromatic nitrogens is 2. The first kappa shape index (κ1) is 15.1. The van der Waals surface area contributed by atoms with E-state index < -0.39 is 0 Å². The normalized spacial score (nSPS) is 10.9. The largest absolute Gasteiger partial charge is 0.491 e. The Kier molecular flexibility index (Phi) is 4.84. The van der Waals surface area contributed by atoms with Crippen LogP contribution in [0.5, 0.6) is 5.75 Å². The van der Waals surface area contributed by atoms with Crippen LogP contribution >= 0.6 is 23.2 Å². The van der Waals surface area contributed by atoms with E-state index in [1.807, 2.05) is 45.0 Å². The Morgan fingerprint density at radius 1 is 1.05 bits per heavy atom. The number of nitrogens with zero attached hydrogens (tertiary/aromatic N) is 2. The zero-order valence-corrected chi connectivity index (χ0v) is 13.2. The van der Waals surface area contributed by atoms with Crippen LogP contribution < -0.4 is 4.74 Å². The molecule has 2 rings (SSSR count). The molecule has 0 spiro atoms. The van der Waals surface area contributed by atoms with Crippen molar-refractivity contribution in [1.82, 2.24) is 9.97 Å². The summed E-state index contributed by atoms with van der Waals surface area (Å²) in [7, 11) is 0. The predicted molar refractivity (Wildman–Crippen MR) is 82.6 cm³/mol. The molecule has 1 heterocycles. The van der Waals surface area contributed by atoms with Crippen LogP contribution in [0.3, 0.4) is 0 Å². The molecule has 0 N–H and O–H groups in total. The number of halogens is 2. The van der Waals surface area contributed by atoms with Crippen LogP contribution in [0.1, 0.15) is 26.3 Å². The Morgan fingerprint density at radius 3 is 2.05 bits per heavy atom. The van der Waals surface area contributed by atoms with Gasteiger partial charge in [0.15, 0.2) is 5.82 Å². The zero-order chi connectivity index (χ0) is 14.7. The molecule has 0 unspecified atom stereocenters. The molecule has 106 valence electrons. The number of ether oxygens (including phenoxy) is 1. The van der Waals surface area contributed by atoms with Crippen molar-refractivity contribution in [2.75, 3.05) is 0 Å². The minimum atomic E-state index is 0.143. The predicted octanol–water partition coefficient (Wildman–Crippen LogP) is 4.80. The van der Waals surface area contributed by atoms with Gasteiger partial charge in [0, 0.05) is 11.1 Å². The van der Waals surface area contributed by atoms with E-state index in [9.17, 15) is 0 Å². The van der Waals surface area contributed by atoms with Gasteiger partial charge < -0.3 is 4.74 Å². The molecule has 0 atom stereocenters. The highest BCUT2D eigenvalue weighted by Gasteiger charge is 2.11. The Labute approximate surface area is 128 Å². The molecule has 2 aromatic rings. The van der Waals surface area contributed by atoms with Gasteiger partial charge in [-0.25, -0.2) is 9.97 Å². The maximum atomic E-state index is 6.12. The molecule has 1 aromatic heterocycles. The summed E-state index contributed by atoms with van der Waals surface area (Å²) in [5, 5.41) is 0.815. The summed E-state index contributed by atoms with van der Waals surface area (Å²) in [6, 6.07) is 7.55. The fourth-order valence-corrected chi connectivity index (χ4v) is 2.46. The second-order valence-corrected chi connectivity index (χ2v) is 5.37. The Morgan fingerprint density at radius 2 is 1.60 bits per heavy atom. The SMILES string of the molecule is CCc1c(Cl)nc(-c2ccc(OC(C)C)cc2)nc1Cl. The standard InChI is InChI=1S/C15H16Cl2N2O/c1-4-12-13(16)18-15(19-14(12)17)10-5-7-11(8-6-10)20-9(2)3/h5-9H,4H2,1-3H3. The van der Waals surface area contributed by atoms with E-state index in [2.05, 4.69) is 9.97 Å². The molecule has 0 saturated heterocycles. The minimum Gasteiger partial charge on any atom is -0.491 e. The molecular weight excluding hydrogens is 295 g/mol. The lowest BCUT2D eigenvalue weighted by Crippen LogP contribution is -2.05. The van der Waals surface area contributed by atoms with Crippen molar-refractivity contribution in [2.24, 2.45) is 0 Å². The third kappa shape index (κ3) is 3.41. The van der Waals surface area contributed by atoms with Gasteiger partial charge in [-0.1, -0.05) is 30.1 Å². The second-order valence-electron chi connectivity index (χ2n) is 4.65. The number of hydrogen-bond acceptors (Lipinski definition) is 3. The highest BCUT2D eigenvalue weighted by Crippen LogP contribution is 2.27. The summed E-state index contributed by atoms with van der Waals surface area (Å²) in [5.74, 6) is 1.33. The Bertz CT molecular complexity index is 574. The summed E-state index contributed by atoms with van der Waals surface area (Å²) in [5.41, 5.74) is 1.63. The van der Waals surface area contributed by atoms with Crippen LogP contribution in [0.25, 0.3) is 11.4 Å². The highest BCUT2D eigenvalue weighted by atomic mass is 35.5. The van der Waals surface area contributed by atoms with Crippen LogP contribution in [0.4, 0.5) is 0 Å². The average Bonchev–Trinajstić information content (AvgIpc) is 2.38. The molecule has 5 heteroatoms. The van der Waals surface area contributed by atoms with Crippen LogP contribution in [-0.2, 0) is 6.42 Å². The Balaban J connectivity index is 2.32. The van der Waals surface area contributed by atoms with E-state index in [0.717, 1.165) is 16.9 Å². The molecule has 0 bridgehead atoms. The second kappa shape index (κ2) is 6.42. The van der Waals surface area contributed by atoms with Crippen molar-refractivity contribution in [2.45, 2.75) is 33.3 Å². The van der Waals surface area contributed by atoms with Crippen molar-refractivity contribution in [3.63, 3.8) is 0 Å². The molecule has 0 saturated carbocycles. The van der Waals surface area contributed by atoms with Gasteiger partial charge in [-0.2, -0.15) is 0 Å². The van der Waals surface area contributed by atoms with Gasteiger partial charge in [0.25, 0.3) is 0 Å². The molecule has 0 fully saturated rings.